The lowest BCUT2D eigenvalue weighted by molar-refractivity contribution is 0.188. The predicted octanol–water partition coefficient (Wildman–Crippen LogP) is 2.48. The Bertz CT molecular complexity index is 1040. The van der Waals surface area contributed by atoms with Crippen molar-refractivity contribution in [2.75, 3.05) is 6.54 Å². The number of hydrogen-bond donors (Lipinski definition) is 1. The molecule has 0 radical (unpaired) electrons. The van der Waals surface area contributed by atoms with E-state index in [-0.39, 0.29) is 6.04 Å². The number of hydrogen-bond acceptors (Lipinski definition) is 4. The summed E-state index contributed by atoms with van der Waals surface area (Å²) < 4.78 is 4.09. The van der Waals surface area contributed by atoms with Crippen molar-refractivity contribution >= 4 is 0 Å². The van der Waals surface area contributed by atoms with Gasteiger partial charge in [0.15, 0.2) is 0 Å². The van der Waals surface area contributed by atoms with Crippen LogP contribution in [0.25, 0.3) is 5.69 Å². The van der Waals surface area contributed by atoms with Crippen molar-refractivity contribution in [1.82, 2.24) is 34.2 Å². The molecule has 4 heterocycles. The zero-order valence-electron chi connectivity index (χ0n) is 15.2. The van der Waals surface area contributed by atoms with E-state index in [0.717, 1.165) is 42.4 Å². The molecular formula is C20H21N7. The highest BCUT2D eigenvalue weighted by Crippen LogP contribution is 2.35. The Labute approximate surface area is 157 Å². The fourth-order valence-electron chi connectivity index (χ4n) is 3.86. The number of aromatic nitrogens is 6. The van der Waals surface area contributed by atoms with Crippen molar-refractivity contribution in [1.29, 1.82) is 0 Å². The van der Waals surface area contributed by atoms with Crippen LogP contribution < -0.4 is 0 Å². The predicted molar refractivity (Wildman–Crippen MR) is 101 cm³/mol. The highest BCUT2D eigenvalue weighted by atomic mass is 15.3. The maximum absolute atomic E-state index is 4.67. The molecule has 0 spiro atoms. The van der Waals surface area contributed by atoms with Crippen LogP contribution in [0.1, 0.15) is 28.9 Å². The molecule has 4 aromatic rings. The Balaban J connectivity index is 1.59. The topological polar surface area (TPSA) is 67.6 Å². The van der Waals surface area contributed by atoms with E-state index in [0.29, 0.717) is 0 Å². The van der Waals surface area contributed by atoms with Crippen molar-refractivity contribution in [3.05, 3.63) is 84.2 Å². The Kier molecular flexibility index (Phi) is 3.86. The zero-order chi connectivity index (χ0) is 18.2. The normalized spacial score (nSPS) is 17.1. The van der Waals surface area contributed by atoms with Gasteiger partial charge < -0.3 is 9.55 Å². The average Bonchev–Trinajstić information content (AvgIpc) is 3.44. The number of fused-ring (bicyclic) bond motifs is 1. The monoisotopic (exact) mass is 359 g/mol. The van der Waals surface area contributed by atoms with Crippen LogP contribution in [0.5, 0.6) is 0 Å². The molecule has 1 aromatic carbocycles. The maximum atomic E-state index is 4.67. The van der Waals surface area contributed by atoms with E-state index in [2.05, 4.69) is 47.7 Å². The van der Waals surface area contributed by atoms with Crippen molar-refractivity contribution < 1.29 is 0 Å². The summed E-state index contributed by atoms with van der Waals surface area (Å²) >= 11 is 0. The number of rotatable bonds is 4. The fraction of sp³-hybridized carbons (Fsp3) is 0.250. The second kappa shape index (κ2) is 6.51. The summed E-state index contributed by atoms with van der Waals surface area (Å²) in [5, 5.41) is 4.60. The number of aromatic amines is 1. The summed E-state index contributed by atoms with van der Waals surface area (Å²) in [4.78, 5) is 14.9. The lowest BCUT2D eigenvalue weighted by atomic mass is 9.99. The van der Waals surface area contributed by atoms with Gasteiger partial charge in [0.25, 0.3) is 0 Å². The molecule has 1 N–H and O–H groups in total. The molecular weight excluding hydrogens is 338 g/mol. The van der Waals surface area contributed by atoms with Crippen LogP contribution >= 0.6 is 0 Å². The molecule has 7 heteroatoms. The third-order valence-electron chi connectivity index (χ3n) is 5.24. The fourth-order valence-corrected chi connectivity index (χ4v) is 3.86. The van der Waals surface area contributed by atoms with E-state index in [9.17, 15) is 0 Å². The van der Waals surface area contributed by atoms with E-state index in [1.807, 2.05) is 48.5 Å². The lowest BCUT2D eigenvalue weighted by Crippen LogP contribution is -2.37. The van der Waals surface area contributed by atoms with Crippen LogP contribution in [0.2, 0.25) is 0 Å². The first kappa shape index (κ1) is 16.0. The standard InChI is InChI=1S/C20H21N7/c1-25-12-10-21-18(25)13-26-11-8-16-19(23-14-22-16)20(26)17-7-9-24-27(17)15-5-3-2-4-6-15/h2-7,9-10,12,14,20H,8,11,13H2,1H3,(H,22,23). The maximum Gasteiger partial charge on any atom is 0.122 e. The zero-order valence-corrected chi connectivity index (χ0v) is 15.2. The summed E-state index contributed by atoms with van der Waals surface area (Å²) in [5.74, 6) is 1.05. The summed E-state index contributed by atoms with van der Waals surface area (Å²) in [5.41, 5.74) is 4.45. The third kappa shape index (κ3) is 2.76. The van der Waals surface area contributed by atoms with E-state index >= 15 is 0 Å². The smallest absolute Gasteiger partial charge is 0.122 e. The molecule has 0 fully saturated rings. The Hall–Kier alpha value is -3.19. The first-order valence-electron chi connectivity index (χ1n) is 9.13. The number of nitrogens with zero attached hydrogens (tertiary/aromatic N) is 6. The lowest BCUT2D eigenvalue weighted by Gasteiger charge is -2.34. The molecule has 1 aliphatic rings. The number of benzene rings is 1. The first-order chi connectivity index (χ1) is 13.3. The Morgan fingerprint density at radius 3 is 2.81 bits per heavy atom. The molecule has 0 saturated heterocycles. The first-order valence-corrected chi connectivity index (χ1v) is 9.13. The highest BCUT2D eigenvalue weighted by Gasteiger charge is 2.34. The van der Waals surface area contributed by atoms with Crippen molar-refractivity contribution in [2.45, 2.75) is 19.0 Å². The minimum Gasteiger partial charge on any atom is -0.348 e. The Morgan fingerprint density at radius 1 is 1.11 bits per heavy atom. The van der Waals surface area contributed by atoms with Gasteiger partial charge in [-0.3, -0.25) is 4.90 Å². The van der Waals surface area contributed by atoms with Crippen LogP contribution in [-0.2, 0) is 20.0 Å². The van der Waals surface area contributed by atoms with Crippen LogP contribution in [0, 0.1) is 0 Å². The largest absolute Gasteiger partial charge is 0.348 e. The minimum atomic E-state index is 0.0272. The van der Waals surface area contributed by atoms with Crippen LogP contribution in [0.3, 0.4) is 0 Å². The van der Waals surface area contributed by atoms with E-state index in [4.69, 9.17) is 0 Å². The van der Waals surface area contributed by atoms with Crippen molar-refractivity contribution in [3.8, 4) is 5.69 Å². The molecule has 136 valence electrons. The second-order valence-electron chi connectivity index (χ2n) is 6.85. The molecule has 0 saturated carbocycles. The van der Waals surface area contributed by atoms with Crippen LogP contribution in [0.15, 0.2) is 61.3 Å². The summed E-state index contributed by atoms with van der Waals surface area (Å²) in [6.45, 7) is 1.70. The SMILES string of the molecule is Cn1ccnc1CN1CCc2[nH]cnc2C1c1ccnn1-c1ccccc1. The number of nitrogens with one attached hydrogen (secondary N) is 1. The molecule has 0 bridgehead atoms. The summed E-state index contributed by atoms with van der Waals surface area (Å²) in [6, 6.07) is 12.4. The van der Waals surface area contributed by atoms with Gasteiger partial charge in [-0.1, -0.05) is 18.2 Å². The highest BCUT2D eigenvalue weighted by molar-refractivity contribution is 5.37. The molecule has 1 atom stereocenters. The quantitative estimate of drug-likeness (QED) is 0.608. The molecule has 1 aliphatic heterocycles. The third-order valence-corrected chi connectivity index (χ3v) is 5.24. The molecule has 0 amide bonds. The molecule has 0 aliphatic carbocycles. The molecule has 1 unspecified atom stereocenters. The van der Waals surface area contributed by atoms with Gasteiger partial charge in [0.1, 0.15) is 5.82 Å². The molecule has 27 heavy (non-hydrogen) atoms. The van der Waals surface area contributed by atoms with E-state index in [1.165, 1.54) is 5.69 Å². The van der Waals surface area contributed by atoms with Gasteiger partial charge in [-0.15, -0.1) is 0 Å². The minimum absolute atomic E-state index is 0.0272. The van der Waals surface area contributed by atoms with Crippen LogP contribution in [-0.4, -0.2) is 40.7 Å². The second-order valence-corrected chi connectivity index (χ2v) is 6.85. The molecule has 3 aromatic heterocycles. The number of aryl methyl sites for hydroxylation is 1. The summed E-state index contributed by atoms with van der Waals surface area (Å²) in [6.07, 6.45) is 8.45. The van der Waals surface area contributed by atoms with Crippen molar-refractivity contribution in [2.24, 2.45) is 7.05 Å². The van der Waals surface area contributed by atoms with Gasteiger partial charge in [-0.05, 0) is 18.2 Å². The molecule has 5 rings (SSSR count). The number of imidazole rings is 2. The van der Waals surface area contributed by atoms with Gasteiger partial charge in [-0.2, -0.15) is 5.10 Å². The van der Waals surface area contributed by atoms with Gasteiger partial charge in [0.05, 0.1) is 36.0 Å². The van der Waals surface area contributed by atoms with Crippen LogP contribution in [0.4, 0.5) is 0 Å². The van der Waals surface area contributed by atoms with E-state index in [1.54, 1.807) is 6.33 Å². The van der Waals surface area contributed by atoms with Gasteiger partial charge in [0.2, 0.25) is 0 Å². The number of para-hydroxylation sites is 1. The van der Waals surface area contributed by atoms with Gasteiger partial charge >= 0.3 is 0 Å². The average molecular weight is 359 g/mol. The molecule has 7 nitrogen and oxygen atoms in total. The number of H-pyrrole nitrogens is 1. The van der Waals surface area contributed by atoms with Gasteiger partial charge in [-0.25, -0.2) is 14.6 Å². The Morgan fingerprint density at radius 2 is 2.00 bits per heavy atom. The van der Waals surface area contributed by atoms with Gasteiger partial charge in [0, 0.05) is 44.3 Å². The van der Waals surface area contributed by atoms with Crippen molar-refractivity contribution in [3.63, 3.8) is 0 Å². The summed E-state index contributed by atoms with van der Waals surface area (Å²) in [7, 11) is 2.04. The van der Waals surface area contributed by atoms with E-state index < -0.39 is 0 Å².